The van der Waals surface area contributed by atoms with E-state index in [-0.39, 0.29) is 12.5 Å². The minimum absolute atomic E-state index is 0.00355. The number of thiazole rings is 1. The fourth-order valence-electron chi connectivity index (χ4n) is 3.31. The topological polar surface area (TPSA) is 101 Å². The average Bonchev–Trinajstić information content (AvgIpc) is 3.26. The molecule has 9 heteroatoms. The molecule has 2 aromatic rings. The van der Waals surface area contributed by atoms with Gasteiger partial charge in [-0.1, -0.05) is 6.07 Å². The molecule has 2 aliphatic rings. The van der Waals surface area contributed by atoms with E-state index in [1.54, 1.807) is 22.4 Å². The van der Waals surface area contributed by atoms with E-state index in [4.69, 9.17) is 4.74 Å². The van der Waals surface area contributed by atoms with Gasteiger partial charge in [0.05, 0.1) is 24.4 Å². The van der Waals surface area contributed by atoms with E-state index in [1.807, 2.05) is 13.0 Å². The van der Waals surface area contributed by atoms with Crippen molar-refractivity contribution in [2.45, 2.75) is 19.0 Å². The summed E-state index contributed by atoms with van der Waals surface area (Å²) < 4.78 is 5.18. The number of aromatic nitrogens is 1. The minimum Gasteiger partial charge on any atom is -0.497 e. The third kappa shape index (κ3) is 2.43. The maximum absolute atomic E-state index is 12.8. The number of methoxy groups -OCH3 is 1. The predicted octanol–water partition coefficient (Wildman–Crippen LogP) is 1.15. The van der Waals surface area contributed by atoms with Gasteiger partial charge in [-0.05, 0) is 24.6 Å². The van der Waals surface area contributed by atoms with Crippen LogP contribution in [0.15, 0.2) is 23.6 Å². The summed E-state index contributed by atoms with van der Waals surface area (Å²) in [6, 6.07) is 4.72. The molecule has 0 unspecified atom stereocenters. The molecule has 26 heavy (non-hydrogen) atoms. The van der Waals surface area contributed by atoms with E-state index < -0.39 is 17.5 Å². The first-order valence-electron chi connectivity index (χ1n) is 7.95. The number of fused-ring (bicyclic) bond motifs is 1. The van der Waals surface area contributed by atoms with Gasteiger partial charge in [0, 0.05) is 17.5 Å². The number of aryl methyl sites for hydroxylation is 1. The third-order valence-electron chi connectivity index (χ3n) is 4.62. The lowest BCUT2D eigenvalue weighted by molar-refractivity contribution is -0.124. The first kappa shape index (κ1) is 16.5. The summed E-state index contributed by atoms with van der Waals surface area (Å²) >= 11 is 1.38. The summed E-state index contributed by atoms with van der Waals surface area (Å²) in [6.45, 7) is 2.18. The molecule has 2 aliphatic heterocycles. The molecule has 8 nitrogen and oxygen atoms in total. The number of hydrogen-bond donors (Lipinski definition) is 2. The number of urea groups is 1. The number of amides is 4. The molecule has 0 radical (unpaired) electrons. The molecule has 4 rings (SSSR count). The molecule has 1 atom stereocenters. The lowest BCUT2D eigenvalue weighted by Gasteiger charge is -2.29. The van der Waals surface area contributed by atoms with Gasteiger partial charge in [0.25, 0.3) is 11.8 Å². The van der Waals surface area contributed by atoms with Crippen molar-refractivity contribution in [3.05, 3.63) is 45.4 Å². The number of benzene rings is 1. The van der Waals surface area contributed by atoms with Crippen molar-refractivity contribution in [1.82, 2.24) is 20.5 Å². The SMILES string of the molecule is COc1ccc2c(c1)C(=O)N(C[C@@]1(c3csc(C)n3)NC(=O)NC1=O)C2. The van der Waals surface area contributed by atoms with Crippen molar-refractivity contribution in [2.75, 3.05) is 13.7 Å². The summed E-state index contributed by atoms with van der Waals surface area (Å²) in [7, 11) is 1.54. The predicted molar refractivity (Wildman–Crippen MR) is 92.9 cm³/mol. The standard InChI is InChI=1S/C17H16N4O4S/c1-9-18-13(7-26-9)17(15(23)19-16(24)20-17)8-21-6-10-3-4-11(25-2)5-12(10)14(21)22/h3-5,7H,6,8H2,1-2H3,(H2,19,20,23,24)/t17-/m0/s1. The summed E-state index contributed by atoms with van der Waals surface area (Å²) in [5.41, 5.74) is 0.442. The van der Waals surface area contributed by atoms with Crippen LogP contribution in [0.25, 0.3) is 0 Å². The molecule has 3 heterocycles. The van der Waals surface area contributed by atoms with Gasteiger partial charge in [-0.2, -0.15) is 0 Å². The van der Waals surface area contributed by atoms with Crippen LogP contribution in [0.3, 0.4) is 0 Å². The maximum Gasteiger partial charge on any atom is 0.322 e. The van der Waals surface area contributed by atoms with Crippen LogP contribution in [-0.2, 0) is 16.9 Å². The van der Waals surface area contributed by atoms with Gasteiger partial charge in [0.2, 0.25) is 0 Å². The van der Waals surface area contributed by atoms with E-state index >= 15 is 0 Å². The molecular formula is C17H16N4O4S. The number of carbonyl (C=O) groups is 3. The molecule has 1 saturated heterocycles. The fraction of sp³-hybridized carbons (Fsp3) is 0.294. The molecule has 4 amide bonds. The molecule has 0 aliphatic carbocycles. The number of ether oxygens (including phenoxy) is 1. The number of hydrogen-bond acceptors (Lipinski definition) is 6. The smallest absolute Gasteiger partial charge is 0.322 e. The molecule has 2 N–H and O–H groups in total. The van der Waals surface area contributed by atoms with Crippen LogP contribution in [0.5, 0.6) is 5.75 Å². The molecule has 1 aromatic carbocycles. The van der Waals surface area contributed by atoms with E-state index in [2.05, 4.69) is 15.6 Å². The number of carbonyl (C=O) groups excluding carboxylic acids is 3. The lowest BCUT2D eigenvalue weighted by atomic mass is 9.95. The normalized spacial score (nSPS) is 21.6. The number of nitrogens with one attached hydrogen (secondary N) is 2. The Kier molecular flexibility index (Phi) is 3.69. The average molecular weight is 372 g/mol. The zero-order valence-electron chi connectivity index (χ0n) is 14.2. The summed E-state index contributed by atoms with van der Waals surface area (Å²) in [4.78, 5) is 43.2. The Morgan fingerprint density at radius 3 is 2.77 bits per heavy atom. The zero-order chi connectivity index (χ0) is 18.5. The fourth-order valence-corrected chi connectivity index (χ4v) is 3.99. The zero-order valence-corrected chi connectivity index (χ0v) is 15.0. The summed E-state index contributed by atoms with van der Waals surface area (Å²) in [5.74, 6) is -0.121. The summed E-state index contributed by atoms with van der Waals surface area (Å²) in [5, 5.41) is 7.44. The highest BCUT2D eigenvalue weighted by Gasteiger charge is 2.52. The molecule has 0 spiro atoms. The van der Waals surface area contributed by atoms with Crippen LogP contribution in [-0.4, -0.2) is 41.4 Å². The van der Waals surface area contributed by atoms with Crippen molar-refractivity contribution in [2.24, 2.45) is 0 Å². The Morgan fingerprint density at radius 1 is 1.35 bits per heavy atom. The Morgan fingerprint density at radius 2 is 2.15 bits per heavy atom. The van der Waals surface area contributed by atoms with Gasteiger partial charge in [-0.15, -0.1) is 11.3 Å². The highest BCUT2D eigenvalue weighted by atomic mass is 32.1. The first-order valence-corrected chi connectivity index (χ1v) is 8.83. The Bertz CT molecular complexity index is 941. The highest BCUT2D eigenvalue weighted by Crippen LogP contribution is 2.32. The highest BCUT2D eigenvalue weighted by molar-refractivity contribution is 7.09. The molecule has 1 fully saturated rings. The number of rotatable bonds is 4. The van der Waals surface area contributed by atoms with Gasteiger partial charge >= 0.3 is 6.03 Å². The van der Waals surface area contributed by atoms with Crippen LogP contribution in [0.2, 0.25) is 0 Å². The van der Waals surface area contributed by atoms with Crippen LogP contribution in [0.1, 0.15) is 26.6 Å². The van der Waals surface area contributed by atoms with Gasteiger partial charge in [-0.25, -0.2) is 9.78 Å². The number of nitrogens with zero attached hydrogens (tertiary/aromatic N) is 2. The van der Waals surface area contributed by atoms with Gasteiger partial charge in [-0.3, -0.25) is 14.9 Å². The lowest BCUT2D eigenvalue weighted by Crippen LogP contribution is -2.53. The molecule has 1 aromatic heterocycles. The Hall–Kier alpha value is -2.94. The van der Waals surface area contributed by atoms with Crippen LogP contribution < -0.4 is 15.4 Å². The van der Waals surface area contributed by atoms with Crippen LogP contribution >= 0.6 is 11.3 Å². The van der Waals surface area contributed by atoms with E-state index in [0.29, 0.717) is 23.6 Å². The second-order valence-electron chi connectivity index (χ2n) is 6.25. The molecule has 0 saturated carbocycles. The van der Waals surface area contributed by atoms with E-state index in [9.17, 15) is 14.4 Å². The van der Waals surface area contributed by atoms with Gasteiger partial charge in [0.15, 0.2) is 5.54 Å². The van der Waals surface area contributed by atoms with Crippen molar-refractivity contribution in [3.63, 3.8) is 0 Å². The quantitative estimate of drug-likeness (QED) is 0.784. The largest absolute Gasteiger partial charge is 0.497 e. The van der Waals surface area contributed by atoms with E-state index in [0.717, 1.165) is 10.6 Å². The van der Waals surface area contributed by atoms with Crippen molar-refractivity contribution in [1.29, 1.82) is 0 Å². The number of imide groups is 1. The van der Waals surface area contributed by atoms with Crippen molar-refractivity contribution >= 4 is 29.2 Å². The molecular weight excluding hydrogens is 356 g/mol. The Balaban J connectivity index is 1.69. The van der Waals surface area contributed by atoms with Gasteiger partial charge in [0.1, 0.15) is 5.75 Å². The second-order valence-corrected chi connectivity index (χ2v) is 7.31. The summed E-state index contributed by atoms with van der Waals surface area (Å²) in [6.07, 6.45) is 0. The van der Waals surface area contributed by atoms with Crippen LogP contribution in [0, 0.1) is 6.92 Å². The first-order chi connectivity index (χ1) is 12.4. The van der Waals surface area contributed by atoms with Gasteiger partial charge < -0.3 is 15.0 Å². The van der Waals surface area contributed by atoms with Crippen molar-refractivity contribution < 1.29 is 19.1 Å². The minimum atomic E-state index is -1.39. The van der Waals surface area contributed by atoms with Crippen LogP contribution in [0.4, 0.5) is 4.79 Å². The maximum atomic E-state index is 12.8. The van der Waals surface area contributed by atoms with E-state index in [1.165, 1.54) is 18.4 Å². The molecule has 134 valence electrons. The third-order valence-corrected chi connectivity index (χ3v) is 5.40. The second kappa shape index (κ2) is 5.80. The monoisotopic (exact) mass is 372 g/mol. The Labute approximate surface area is 153 Å². The van der Waals surface area contributed by atoms with Crippen molar-refractivity contribution in [3.8, 4) is 5.75 Å². The molecule has 0 bridgehead atoms.